The minimum atomic E-state index is -0.613. The lowest BCUT2D eigenvalue weighted by Crippen LogP contribution is -2.42. The molecule has 1 aliphatic rings. The molecule has 23 heavy (non-hydrogen) atoms. The van der Waals surface area contributed by atoms with Crippen LogP contribution in [0.4, 0.5) is 0 Å². The van der Waals surface area contributed by atoms with E-state index in [2.05, 4.69) is 0 Å². The lowest BCUT2D eigenvalue weighted by molar-refractivity contribution is -0.138. The molecular formula is C17H23ClN2O3. The van der Waals surface area contributed by atoms with Crippen molar-refractivity contribution in [2.75, 3.05) is 26.2 Å². The number of ether oxygens (including phenoxy) is 1. The number of aryl methyl sites for hydroxylation is 1. The van der Waals surface area contributed by atoms with E-state index in [0.29, 0.717) is 37.0 Å². The van der Waals surface area contributed by atoms with Gasteiger partial charge in [-0.2, -0.15) is 0 Å². The van der Waals surface area contributed by atoms with Crippen molar-refractivity contribution >= 4 is 23.4 Å². The van der Waals surface area contributed by atoms with E-state index in [1.807, 2.05) is 19.1 Å². The van der Waals surface area contributed by atoms with Gasteiger partial charge in [0, 0.05) is 33.1 Å². The normalized spacial score (nSPS) is 16.7. The Hall–Kier alpha value is -1.75. The highest BCUT2D eigenvalue weighted by Crippen LogP contribution is 2.26. The second kappa shape index (κ2) is 7.68. The predicted molar refractivity (Wildman–Crippen MR) is 89.7 cm³/mol. The van der Waals surface area contributed by atoms with E-state index in [9.17, 15) is 9.59 Å². The zero-order chi connectivity index (χ0) is 17.0. The Morgan fingerprint density at radius 3 is 2.52 bits per heavy atom. The monoisotopic (exact) mass is 338 g/mol. The molecule has 0 aliphatic carbocycles. The molecule has 1 fully saturated rings. The van der Waals surface area contributed by atoms with Crippen LogP contribution in [0.1, 0.15) is 25.8 Å². The highest BCUT2D eigenvalue weighted by molar-refractivity contribution is 6.32. The summed E-state index contributed by atoms with van der Waals surface area (Å²) < 4.78 is 5.75. The van der Waals surface area contributed by atoms with Crippen LogP contribution < -0.4 is 4.74 Å². The van der Waals surface area contributed by atoms with E-state index in [1.54, 1.807) is 29.7 Å². The Kier molecular flexibility index (Phi) is 5.88. The molecule has 0 spiro atoms. The van der Waals surface area contributed by atoms with Gasteiger partial charge in [0.25, 0.3) is 5.91 Å². The quantitative estimate of drug-likeness (QED) is 0.850. The molecule has 0 radical (unpaired) electrons. The van der Waals surface area contributed by atoms with Crippen LogP contribution in [-0.4, -0.2) is 53.9 Å². The molecule has 2 amide bonds. The van der Waals surface area contributed by atoms with E-state index in [1.165, 1.54) is 0 Å². The predicted octanol–water partition coefficient (Wildman–Crippen LogP) is 2.50. The first kappa shape index (κ1) is 17.6. The topological polar surface area (TPSA) is 49.9 Å². The standard InChI is InChI=1S/C17H23ClN2O3/c1-12-5-6-15(18)16(11-12)23-13(2)17(22)20-8-4-7-19(9-10-20)14(3)21/h5-6,11,13H,4,7-10H2,1-3H3/t13-/m0/s1. The van der Waals surface area contributed by atoms with E-state index in [-0.39, 0.29) is 11.8 Å². The van der Waals surface area contributed by atoms with Crippen LogP contribution in [0.5, 0.6) is 5.75 Å². The van der Waals surface area contributed by atoms with Gasteiger partial charge in [0.2, 0.25) is 5.91 Å². The molecule has 6 heteroatoms. The first-order chi connectivity index (χ1) is 10.9. The highest BCUT2D eigenvalue weighted by atomic mass is 35.5. The molecule has 5 nitrogen and oxygen atoms in total. The second-order valence-corrected chi connectivity index (χ2v) is 6.29. The molecule has 0 saturated carbocycles. The fourth-order valence-corrected chi connectivity index (χ4v) is 2.81. The molecular weight excluding hydrogens is 316 g/mol. The summed E-state index contributed by atoms with van der Waals surface area (Å²) in [5.74, 6) is 0.496. The van der Waals surface area contributed by atoms with Crippen molar-refractivity contribution in [3.8, 4) is 5.75 Å². The minimum absolute atomic E-state index is 0.0511. The Balaban J connectivity index is 1.99. The molecule has 0 N–H and O–H groups in total. The van der Waals surface area contributed by atoms with Gasteiger partial charge in [-0.25, -0.2) is 0 Å². The summed E-state index contributed by atoms with van der Waals surface area (Å²) in [5.41, 5.74) is 1.02. The van der Waals surface area contributed by atoms with Crippen molar-refractivity contribution < 1.29 is 14.3 Å². The number of amides is 2. The van der Waals surface area contributed by atoms with Crippen LogP contribution in [0.25, 0.3) is 0 Å². The van der Waals surface area contributed by atoms with Gasteiger partial charge >= 0.3 is 0 Å². The van der Waals surface area contributed by atoms with Gasteiger partial charge in [-0.05, 0) is 38.0 Å². The number of hydrogen-bond donors (Lipinski definition) is 0. The summed E-state index contributed by atoms with van der Waals surface area (Å²) in [5, 5.41) is 0.494. The molecule has 0 unspecified atom stereocenters. The number of rotatable bonds is 3. The first-order valence-electron chi connectivity index (χ1n) is 7.85. The van der Waals surface area contributed by atoms with Crippen molar-refractivity contribution in [2.24, 2.45) is 0 Å². The third-order valence-electron chi connectivity index (χ3n) is 3.99. The Labute approximate surface area is 142 Å². The number of halogens is 1. The maximum absolute atomic E-state index is 12.6. The summed E-state index contributed by atoms with van der Waals surface area (Å²) in [6.07, 6.45) is 0.168. The molecule has 1 saturated heterocycles. The van der Waals surface area contributed by atoms with Gasteiger partial charge < -0.3 is 14.5 Å². The van der Waals surface area contributed by atoms with Crippen LogP contribution >= 0.6 is 11.6 Å². The van der Waals surface area contributed by atoms with Crippen LogP contribution in [0.2, 0.25) is 5.02 Å². The fraction of sp³-hybridized carbons (Fsp3) is 0.529. The van der Waals surface area contributed by atoms with Gasteiger partial charge in [0.05, 0.1) is 5.02 Å². The molecule has 1 atom stereocenters. The van der Waals surface area contributed by atoms with Crippen molar-refractivity contribution in [3.05, 3.63) is 28.8 Å². The van der Waals surface area contributed by atoms with Crippen molar-refractivity contribution in [1.29, 1.82) is 0 Å². The van der Waals surface area contributed by atoms with E-state index in [4.69, 9.17) is 16.3 Å². The van der Waals surface area contributed by atoms with Crippen LogP contribution in [0.15, 0.2) is 18.2 Å². The van der Waals surface area contributed by atoms with Crippen molar-refractivity contribution in [3.63, 3.8) is 0 Å². The smallest absolute Gasteiger partial charge is 0.263 e. The molecule has 1 aliphatic heterocycles. The molecule has 126 valence electrons. The highest BCUT2D eigenvalue weighted by Gasteiger charge is 2.25. The first-order valence-corrected chi connectivity index (χ1v) is 8.23. The average Bonchev–Trinajstić information content (AvgIpc) is 2.76. The SMILES string of the molecule is CC(=O)N1CCCN(C(=O)[C@H](C)Oc2cc(C)ccc2Cl)CC1. The van der Waals surface area contributed by atoms with Gasteiger partial charge in [-0.1, -0.05) is 17.7 Å². The lowest BCUT2D eigenvalue weighted by atomic mass is 10.2. The summed E-state index contributed by atoms with van der Waals surface area (Å²) in [6, 6.07) is 5.49. The number of benzene rings is 1. The Bertz CT molecular complexity index is 591. The molecule has 2 rings (SSSR count). The third kappa shape index (κ3) is 4.61. The van der Waals surface area contributed by atoms with E-state index < -0.39 is 6.10 Å². The average molecular weight is 339 g/mol. The number of carbonyl (C=O) groups is 2. The number of carbonyl (C=O) groups excluding carboxylic acids is 2. The summed E-state index contributed by atoms with van der Waals surface area (Å²) >= 11 is 6.12. The summed E-state index contributed by atoms with van der Waals surface area (Å²) in [6.45, 7) is 7.67. The minimum Gasteiger partial charge on any atom is -0.479 e. The lowest BCUT2D eigenvalue weighted by Gasteiger charge is -2.25. The van der Waals surface area contributed by atoms with Gasteiger partial charge in [0.15, 0.2) is 6.10 Å². The summed E-state index contributed by atoms with van der Waals surface area (Å²) in [4.78, 5) is 27.6. The molecule has 1 heterocycles. The Morgan fingerprint density at radius 1 is 1.17 bits per heavy atom. The van der Waals surface area contributed by atoms with Crippen molar-refractivity contribution in [2.45, 2.75) is 33.3 Å². The maximum atomic E-state index is 12.6. The van der Waals surface area contributed by atoms with E-state index in [0.717, 1.165) is 12.0 Å². The fourth-order valence-electron chi connectivity index (χ4n) is 2.65. The number of hydrogen-bond acceptors (Lipinski definition) is 3. The van der Waals surface area contributed by atoms with Crippen molar-refractivity contribution in [1.82, 2.24) is 9.80 Å². The van der Waals surface area contributed by atoms with Gasteiger partial charge in [0.1, 0.15) is 5.75 Å². The summed E-state index contributed by atoms with van der Waals surface area (Å²) in [7, 11) is 0. The van der Waals surface area contributed by atoms with Crippen LogP contribution in [0.3, 0.4) is 0 Å². The van der Waals surface area contributed by atoms with Crippen LogP contribution in [-0.2, 0) is 9.59 Å². The van der Waals surface area contributed by atoms with Crippen LogP contribution in [0, 0.1) is 6.92 Å². The molecule has 1 aromatic rings. The Morgan fingerprint density at radius 2 is 1.83 bits per heavy atom. The zero-order valence-corrected chi connectivity index (χ0v) is 14.6. The van der Waals surface area contributed by atoms with Gasteiger partial charge in [-0.3, -0.25) is 9.59 Å². The largest absolute Gasteiger partial charge is 0.479 e. The maximum Gasteiger partial charge on any atom is 0.263 e. The third-order valence-corrected chi connectivity index (χ3v) is 4.30. The molecule has 1 aromatic carbocycles. The van der Waals surface area contributed by atoms with Gasteiger partial charge in [-0.15, -0.1) is 0 Å². The number of nitrogens with zero attached hydrogens (tertiary/aromatic N) is 2. The molecule has 0 aromatic heterocycles. The molecule has 0 bridgehead atoms. The van der Waals surface area contributed by atoms with E-state index >= 15 is 0 Å². The zero-order valence-electron chi connectivity index (χ0n) is 13.8. The second-order valence-electron chi connectivity index (χ2n) is 5.88.